The molecule has 0 amide bonds. The van der Waals surface area contributed by atoms with Gasteiger partial charge in [-0.3, -0.25) is 0 Å². The first-order chi connectivity index (χ1) is 15.9. The first-order valence-electron chi connectivity index (χ1n) is 9.33. The predicted molar refractivity (Wildman–Crippen MR) is 108 cm³/mol. The molecule has 0 aliphatic rings. The normalized spacial score (nSPS) is 11.9. The molecule has 0 radical (unpaired) electrons. The van der Waals surface area contributed by atoms with Crippen molar-refractivity contribution in [2.45, 2.75) is 12.7 Å². The second-order valence-electron chi connectivity index (χ2n) is 6.62. The summed E-state index contributed by atoms with van der Waals surface area (Å²) in [6.45, 7) is 0. The lowest BCUT2D eigenvalue weighted by Gasteiger charge is -2.13. The molecular formula is C23H14F6O5. The lowest BCUT2D eigenvalue weighted by molar-refractivity contribution is -0.275. The largest absolute Gasteiger partial charge is 0.573 e. The van der Waals surface area contributed by atoms with Crippen molar-refractivity contribution in [3.63, 3.8) is 0 Å². The first-order valence-corrected chi connectivity index (χ1v) is 9.33. The lowest BCUT2D eigenvalue weighted by Crippen LogP contribution is -2.16. The fourth-order valence-electron chi connectivity index (χ4n) is 2.80. The number of alkyl halides is 6. The third-order valence-electron chi connectivity index (χ3n) is 4.12. The molecule has 0 aromatic heterocycles. The summed E-state index contributed by atoms with van der Waals surface area (Å²) in [6, 6.07) is 14.2. The first kappa shape index (κ1) is 24.5. The molecule has 178 valence electrons. The Morgan fingerprint density at radius 3 is 1.68 bits per heavy atom. The van der Waals surface area contributed by atoms with Crippen molar-refractivity contribution in [2.75, 3.05) is 0 Å². The third-order valence-corrected chi connectivity index (χ3v) is 4.12. The van der Waals surface area contributed by atoms with Crippen LogP contribution in [0.1, 0.15) is 5.56 Å². The number of hydrogen-bond acceptors (Lipinski definition) is 4. The van der Waals surface area contributed by atoms with Gasteiger partial charge in [-0.2, -0.15) is 0 Å². The van der Waals surface area contributed by atoms with Crippen molar-refractivity contribution in [3.05, 3.63) is 78.4 Å². The Labute approximate surface area is 188 Å². The number of benzene rings is 3. The second-order valence-corrected chi connectivity index (χ2v) is 6.62. The molecule has 11 heteroatoms. The Morgan fingerprint density at radius 1 is 0.706 bits per heavy atom. The van der Waals surface area contributed by atoms with Gasteiger partial charge in [0.25, 0.3) is 0 Å². The lowest BCUT2D eigenvalue weighted by atomic mass is 10.0. The van der Waals surface area contributed by atoms with E-state index in [9.17, 15) is 31.1 Å². The van der Waals surface area contributed by atoms with Crippen molar-refractivity contribution in [3.8, 4) is 34.1 Å². The van der Waals surface area contributed by atoms with Crippen LogP contribution in [0, 0.1) is 0 Å². The summed E-state index contributed by atoms with van der Waals surface area (Å²) in [4.78, 5) is 11.0. The number of carboxylic acids is 1. The number of rotatable bonds is 7. The molecule has 5 nitrogen and oxygen atoms in total. The summed E-state index contributed by atoms with van der Waals surface area (Å²) in [5.41, 5.74) is 1.34. The maximum Gasteiger partial charge on any atom is 0.573 e. The molecule has 34 heavy (non-hydrogen) atoms. The molecule has 0 aliphatic carbocycles. The molecule has 3 rings (SSSR count). The van der Waals surface area contributed by atoms with Gasteiger partial charge in [0.15, 0.2) is 0 Å². The number of carbonyl (C=O) groups is 1. The van der Waals surface area contributed by atoms with Crippen LogP contribution in [-0.2, 0) is 4.79 Å². The Balaban J connectivity index is 1.86. The molecule has 0 spiro atoms. The molecule has 0 saturated heterocycles. The van der Waals surface area contributed by atoms with E-state index < -0.39 is 30.2 Å². The van der Waals surface area contributed by atoms with Crippen molar-refractivity contribution in [2.24, 2.45) is 0 Å². The zero-order valence-corrected chi connectivity index (χ0v) is 16.9. The van der Waals surface area contributed by atoms with Crippen LogP contribution < -0.4 is 14.2 Å². The van der Waals surface area contributed by atoms with Crippen LogP contribution >= 0.6 is 0 Å². The summed E-state index contributed by atoms with van der Waals surface area (Å²) in [6.07, 6.45) is -7.58. The van der Waals surface area contributed by atoms with Crippen molar-refractivity contribution in [1.29, 1.82) is 0 Å². The summed E-state index contributed by atoms with van der Waals surface area (Å²) in [7, 11) is 0. The van der Waals surface area contributed by atoms with Gasteiger partial charge in [-0.25, -0.2) is 4.79 Å². The molecule has 0 aliphatic heterocycles. The number of aliphatic carboxylic acids is 1. The van der Waals surface area contributed by atoms with Gasteiger partial charge in [-0.15, -0.1) is 26.3 Å². The van der Waals surface area contributed by atoms with E-state index >= 15 is 0 Å². The minimum Gasteiger partial charge on any atom is -0.478 e. The van der Waals surface area contributed by atoms with Crippen LogP contribution in [0.4, 0.5) is 26.3 Å². The topological polar surface area (TPSA) is 65.0 Å². The van der Waals surface area contributed by atoms with Crippen LogP contribution in [0.15, 0.2) is 72.8 Å². The van der Waals surface area contributed by atoms with Gasteiger partial charge in [0.05, 0.1) is 0 Å². The molecule has 0 saturated carbocycles. The SMILES string of the molecule is O=C(O)/C=C/c1cc(-c2ccc(OC(F)(F)F)cc2)ccc1Oc1ccc(OC(F)(F)F)cc1. The van der Waals surface area contributed by atoms with Crippen LogP contribution in [0.5, 0.6) is 23.0 Å². The number of halogens is 6. The monoisotopic (exact) mass is 484 g/mol. The highest BCUT2D eigenvalue weighted by Crippen LogP contribution is 2.33. The van der Waals surface area contributed by atoms with Gasteiger partial charge in [-0.05, 0) is 65.7 Å². The van der Waals surface area contributed by atoms with Gasteiger partial charge in [-0.1, -0.05) is 18.2 Å². The standard InChI is InChI=1S/C23H14F6O5/c24-22(25,26)33-18-5-1-14(2-6-18)15-3-11-20(16(13-15)4-12-21(30)31)32-17-7-9-19(10-8-17)34-23(27,28)29/h1-13H,(H,30,31)/b12-4+. The van der Waals surface area contributed by atoms with Gasteiger partial charge in [0, 0.05) is 11.6 Å². The average molecular weight is 484 g/mol. The van der Waals surface area contributed by atoms with Crippen LogP contribution in [-0.4, -0.2) is 23.8 Å². The number of carboxylic acid groups (broad SMARTS) is 1. The van der Waals surface area contributed by atoms with Crippen LogP contribution in [0.2, 0.25) is 0 Å². The van der Waals surface area contributed by atoms with Crippen molar-refractivity contribution < 1.29 is 50.5 Å². The summed E-state index contributed by atoms with van der Waals surface area (Å²) < 4.78 is 87.2. The Bertz CT molecular complexity index is 1170. The smallest absolute Gasteiger partial charge is 0.478 e. The van der Waals surface area contributed by atoms with Gasteiger partial charge in [0.1, 0.15) is 23.0 Å². The molecule has 3 aromatic rings. The molecule has 0 atom stereocenters. The molecule has 0 fully saturated rings. The van der Waals surface area contributed by atoms with E-state index in [2.05, 4.69) is 9.47 Å². The zero-order valence-electron chi connectivity index (χ0n) is 16.9. The zero-order chi connectivity index (χ0) is 24.9. The number of hydrogen-bond donors (Lipinski definition) is 1. The molecule has 0 unspecified atom stereocenters. The van der Waals surface area contributed by atoms with E-state index in [0.29, 0.717) is 16.7 Å². The molecule has 3 aromatic carbocycles. The molecule has 0 heterocycles. The highest BCUT2D eigenvalue weighted by Gasteiger charge is 2.31. The van der Waals surface area contributed by atoms with E-state index in [1.807, 2.05) is 0 Å². The Morgan fingerprint density at radius 2 is 1.18 bits per heavy atom. The van der Waals surface area contributed by atoms with Crippen LogP contribution in [0.3, 0.4) is 0 Å². The maximum atomic E-state index is 12.3. The fourth-order valence-corrected chi connectivity index (χ4v) is 2.80. The number of ether oxygens (including phenoxy) is 3. The predicted octanol–water partition coefficient (Wildman–Crippen LogP) is 7.04. The van der Waals surface area contributed by atoms with Gasteiger partial charge < -0.3 is 19.3 Å². The minimum atomic E-state index is -4.84. The summed E-state index contributed by atoms with van der Waals surface area (Å²) in [5, 5.41) is 8.95. The highest BCUT2D eigenvalue weighted by molar-refractivity contribution is 5.86. The summed E-state index contributed by atoms with van der Waals surface area (Å²) >= 11 is 0. The summed E-state index contributed by atoms with van der Waals surface area (Å²) in [5.74, 6) is -1.75. The fraction of sp³-hybridized carbons (Fsp3) is 0.0870. The highest BCUT2D eigenvalue weighted by atomic mass is 19.4. The van der Waals surface area contributed by atoms with E-state index in [1.54, 1.807) is 6.07 Å². The van der Waals surface area contributed by atoms with E-state index in [0.717, 1.165) is 30.3 Å². The van der Waals surface area contributed by atoms with E-state index in [4.69, 9.17) is 9.84 Å². The average Bonchev–Trinajstić information content (AvgIpc) is 2.73. The van der Waals surface area contributed by atoms with Gasteiger partial charge in [0.2, 0.25) is 0 Å². The Hall–Kier alpha value is -4.15. The Kier molecular flexibility index (Phi) is 7.04. The van der Waals surface area contributed by atoms with Gasteiger partial charge >= 0.3 is 18.7 Å². The minimum absolute atomic E-state index is 0.154. The third kappa shape index (κ3) is 7.47. The molecule has 1 N–H and O–H groups in total. The van der Waals surface area contributed by atoms with Crippen molar-refractivity contribution >= 4 is 12.0 Å². The van der Waals surface area contributed by atoms with Crippen LogP contribution in [0.25, 0.3) is 17.2 Å². The quantitative estimate of drug-likeness (QED) is 0.288. The second kappa shape index (κ2) is 9.77. The van der Waals surface area contributed by atoms with E-state index in [1.165, 1.54) is 42.5 Å². The maximum absolute atomic E-state index is 12.3. The molecule has 0 bridgehead atoms. The van der Waals surface area contributed by atoms with Crippen molar-refractivity contribution in [1.82, 2.24) is 0 Å². The molecular weight excluding hydrogens is 470 g/mol. The van der Waals surface area contributed by atoms with E-state index in [-0.39, 0.29) is 11.5 Å².